The van der Waals surface area contributed by atoms with Crippen molar-refractivity contribution < 1.29 is 4.79 Å². The third kappa shape index (κ3) is 5.85. The van der Waals surface area contributed by atoms with Gasteiger partial charge in [0.05, 0.1) is 0 Å². The van der Waals surface area contributed by atoms with Crippen LogP contribution in [0.25, 0.3) is 0 Å². The maximum Gasteiger partial charge on any atom is 0.224 e. The standard InChI is InChI=1S/C10H11NO.3C2H6/c1-7-3-2-4-9-8(7)5-6-10(12)11-9;3*1-2/h2-4H,5-6H2,1H3,(H,11,12);3*1-2H3. The smallest absolute Gasteiger partial charge is 0.224 e. The van der Waals surface area contributed by atoms with E-state index >= 15 is 0 Å². The lowest BCUT2D eigenvalue weighted by molar-refractivity contribution is -0.116. The second kappa shape index (κ2) is 12.2. The first-order chi connectivity index (χ1) is 8.77. The molecule has 1 heterocycles. The number of amides is 1. The largest absolute Gasteiger partial charge is 0.326 e. The van der Waals surface area contributed by atoms with E-state index in [4.69, 9.17) is 0 Å². The van der Waals surface area contributed by atoms with Crippen LogP contribution in [0.2, 0.25) is 0 Å². The van der Waals surface area contributed by atoms with E-state index in [0.717, 1.165) is 12.1 Å². The van der Waals surface area contributed by atoms with E-state index in [-0.39, 0.29) is 5.91 Å². The van der Waals surface area contributed by atoms with E-state index in [1.807, 2.05) is 53.7 Å². The van der Waals surface area contributed by atoms with E-state index in [2.05, 4.69) is 18.3 Å². The van der Waals surface area contributed by atoms with E-state index in [1.165, 1.54) is 11.1 Å². The number of anilines is 1. The highest BCUT2D eigenvalue weighted by molar-refractivity contribution is 5.94. The first kappa shape index (κ1) is 19.0. The second-order valence-corrected chi connectivity index (χ2v) is 3.15. The molecular formula is C16H29NO. The van der Waals surface area contributed by atoms with Gasteiger partial charge in [0.25, 0.3) is 0 Å². The van der Waals surface area contributed by atoms with E-state index < -0.39 is 0 Å². The van der Waals surface area contributed by atoms with Gasteiger partial charge in [0.1, 0.15) is 0 Å². The average Bonchev–Trinajstić information content (AvgIpc) is 2.45. The molecule has 0 aromatic heterocycles. The third-order valence-corrected chi connectivity index (χ3v) is 2.29. The molecule has 2 rings (SSSR count). The molecule has 2 heteroatoms. The Morgan fingerprint density at radius 3 is 2.06 bits per heavy atom. The second-order valence-electron chi connectivity index (χ2n) is 3.15. The normalized spacial score (nSPS) is 11.2. The molecule has 0 bridgehead atoms. The lowest BCUT2D eigenvalue weighted by Crippen LogP contribution is -2.19. The topological polar surface area (TPSA) is 29.1 Å². The number of hydrogen-bond acceptors (Lipinski definition) is 1. The first-order valence-corrected chi connectivity index (χ1v) is 7.16. The van der Waals surface area contributed by atoms with Gasteiger partial charge in [-0.3, -0.25) is 4.79 Å². The number of nitrogens with one attached hydrogen (secondary N) is 1. The summed E-state index contributed by atoms with van der Waals surface area (Å²) in [5.74, 6) is 0.133. The Hall–Kier alpha value is -1.31. The Morgan fingerprint density at radius 2 is 1.50 bits per heavy atom. The molecule has 1 aliphatic heterocycles. The quantitative estimate of drug-likeness (QED) is 0.694. The molecule has 18 heavy (non-hydrogen) atoms. The summed E-state index contributed by atoms with van der Waals surface area (Å²) in [6.07, 6.45) is 1.51. The fourth-order valence-corrected chi connectivity index (χ4v) is 1.60. The minimum Gasteiger partial charge on any atom is -0.326 e. The van der Waals surface area contributed by atoms with Crippen LogP contribution in [0, 0.1) is 6.92 Å². The van der Waals surface area contributed by atoms with Crippen molar-refractivity contribution in [3.05, 3.63) is 29.3 Å². The van der Waals surface area contributed by atoms with Crippen molar-refractivity contribution in [1.29, 1.82) is 0 Å². The molecule has 1 amide bonds. The molecule has 0 saturated heterocycles. The first-order valence-electron chi connectivity index (χ1n) is 7.16. The Morgan fingerprint density at radius 1 is 0.944 bits per heavy atom. The number of aryl methyl sites for hydroxylation is 1. The van der Waals surface area contributed by atoms with E-state index in [1.54, 1.807) is 0 Å². The van der Waals surface area contributed by atoms with Crippen molar-refractivity contribution in [1.82, 2.24) is 0 Å². The number of rotatable bonds is 0. The molecule has 104 valence electrons. The fourth-order valence-electron chi connectivity index (χ4n) is 1.60. The Balaban J connectivity index is 0. The van der Waals surface area contributed by atoms with Crippen LogP contribution in [0.5, 0.6) is 0 Å². The van der Waals surface area contributed by atoms with Crippen LogP contribution < -0.4 is 5.32 Å². The highest BCUT2D eigenvalue weighted by atomic mass is 16.1. The van der Waals surface area contributed by atoms with Gasteiger partial charge in [-0.1, -0.05) is 53.7 Å². The van der Waals surface area contributed by atoms with Crippen molar-refractivity contribution in [2.75, 3.05) is 5.32 Å². The predicted octanol–water partition coefficient (Wildman–Crippen LogP) is 4.96. The summed E-state index contributed by atoms with van der Waals surface area (Å²) < 4.78 is 0. The number of carbonyl (C=O) groups is 1. The summed E-state index contributed by atoms with van der Waals surface area (Å²) in [7, 11) is 0. The van der Waals surface area contributed by atoms with Crippen molar-refractivity contribution in [2.24, 2.45) is 0 Å². The maximum absolute atomic E-state index is 11.0. The number of hydrogen-bond donors (Lipinski definition) is 1. The van der Waals surface area contributed by atoms with Crippen molar-refractivity contribution >= 4 is 11.6 Å². The summed E-state index contributed by atoms with van der Waals surface area (Å²) in [5.41, 5.74) is 3.55. The Kier molecular flexibility index (Phi) is 12.9. The average molecular weight is 251 g/mol. The van der Waals surface area contributed by atoms with Crippen LogP contribution in [0.4, 0.5) is 5.69 Å². The van der Waals surface area contributed by atoms with Crippen LogP contribution in [0.3, 0.4) is 0 Å². The van der Waals surface area contributed by atoms with Gasteiger partial charge in [-0.25, -0.2) is 0 Å². The molecule has 1 aromatic rings. The van der Waals surface area contributed by atoms with E-state index in [9.17, 15) is 4.79 Å². The maximum atomic E-state index is 11.0. The molecule has 1 aromatic carbocycles. The molecule has 0 unspecified atom stereocenters. The number of benzene rings is 1. The van der Waals surface area contributed by atoms with Gasteiger partial charge in [-0.05, 0) is 30.5 Å². The summed E-state index contributed by atoms with van der Waals surface area (Å²) in [4.78, 5) is 11.0. The van der Waals surface area contributed by atoms with Crippen molar-refractivity contribution in [3.8, 4) is 0 Å². The van der Waals surface area contributed by atoms with Gasteiger partial charge in [0.15, 0.2) is 0 Å². The van der Waals surface area contributed by atoms with Gasteiger partial charge in [0, 0.05) is 12.1 Å². The number of fused-ring (bicyclic) bond motifs is 1. The Bertz CT molecular complexity index is 332. The van der Waals surface area contributed by atoms with Crippen molar-refractivity contribution in [2.45, 2.75) is 61.3 Å². The molecule has 0 atom stereocenters. The minimum absolute atomic E-state index is 0.133. The monoisotopic (exact) mass is 251 g/mol. The molecule has 0 saturated carbocycles. The van der Waals surface area contributed by atoms with Crippen LogP contribution in [-0.2, 0) is 11.2 Å². The zero-order valence-corrected chi connectivity index (χ0v) is 13.1. The SMILES string of the molecule is CC.CC.CC.Cc1cccc2c1CCC(=O)N2. The zero-order valence-electron chi connectivity index (χ0n) is 13.1. The fraction of sp³-hybridized carbons (Fsp3) is 0.562. The van der Waals surface area contributed by atoms with E-state index in [0.29, 0.717) is 6.42 Å². The highest BCUT2D eigenvalue weighted by Gasteiger charge is 2.14. The lowest BCUT2D eigenvalue weighted by Gasteiger charge is -2.18. The summed E-state index contributed by atoms with van der Waals surface area (Å²) in [6.45, 7) is 14.1. The van der Waals surface area contributed by atoms with Crippen LogP contribution in [0.1, 0.15) is 59.1 Å². The highest BCUT2D eigenvalue weighted by Crippen LogP contribution is 2.24. The third-order valence-electron chi connectivity index (χ3n) is 2.29. The van der Waals surface area contributed by atoms with Gasteiger partial charge in [0.2, 0.25) is 5.91 Å². The van der Waals surface area contributed by atoms with Gasteiger partial charge < -0.3 is 5.32 Å². The molecule has 0 spiro atoms. The van der Waals surface area contributed by atoms with Crippen LogP contribution in [-0.4, -0.2) is 5.91 Å². The minimum atomic E-state index is 0.133. The lowest BCUT2D eigenvalue weighted by atomic mass is 9.98. The van der Waals surface area contributed by atoms with Crippen LogP contribution >= 0.6 is 0 Å². The summed E-state index contributed by atoms with van der Waals surface area (Å²) >= 11 is 0. The number of carbonyl (C=O) groups excluding carboxylic acids is 1. The molecule has 0 radical (unpaired) electrons. The van der Waals surface area contributed by atoms with Gasteiger partial charge in [-0.15, -0.1) is 0 Å². The zero-order chi connectivity index (χ0) is 14.6. The molecule has 0 aliphatic carbocycles. The molecule has 2 nitrogen and oxygen atoms in total. The van der Waals surface area contributed by atoms with Crippen molar-refractivity contribution in [3.63, 3.8) is 0 Å². The summed E-state index contributed by atoms with van der Waals surface area (Å²) in [6, 6.07) is 6.01. The molecular weight excluding hydrogens is 222 g/mol. The molecule has 0 fully saturated rings. The predicted molar refractivity (Wildman–Crippen MR) is 82.2 cm³/mol. The van der Waals surface area contributed by atoms with Crippen LogP contribution in [0.15, 0.2) is 18.2 Å². The van der Waals surface area contributed by atoms with Gasteiger partial charge >= 0.3 is 0 Å². The summed E-state index contributed by atoms with van der Waals surface area (Å²) in [5, 5.41) is 2.86. The molecule has 1 aliphatic rings. The Labute approximate surface area is 113 Å². The van der Waals surface area contributed by atoms with Gasteiger partial charge in [-0.2, -0.15) is 0 Å². The molecule has 1 N–H and O–H groups in total.